The molecule has 20 heavy (non-hydrogen) atoms. The summed E-state index contributed by atoms with van der Waals surface area (Å²) in [4.78, 5) is 0.268. The fraction of sp³-hybridized carbons (Fsp3) is 0.400. The molecule has 0 aromatic rings. The molecule has 0 heterocycles. The lowest BCUT2D eigenvalue weighted by Crippen LogP contribution is -2.37. The maximum atomic E-state index is 12.0. The molecule has 1 aliphatic rings. The predicted molar refractivity (Wildman–Crippen MR) is 83.7 cm³/mol. The minimum atomic E-state index is -3.84. The summed E-state index contributed by atoms with van der Waals surface area (Å²) in [6.45, 7) is -0.345. The molecule has 0 saturated carbocycles. The fourth-order valence-electron chi connectivity index (χ4n) is 1.33. The van der Waals surface area contributed by atoms with Crippen molar-refractivity contribution in [3.63, 3.8) is 0 Å². The van der Waals surface area contributed by atoms with Gasteiger partial charge in [-0.15, -0.1) is 0 Å². The number of hydrogen-bond donors (Lipinski definition) is 1. The average molecular weight is 354 g/mol. The molecule has 0 aliphatic heterocycles. The van der Waals surface area contributed by atoms with Crippen LogP contribution in [0.2, 0.25) is 0 Å². The molecule has 0 aromatic heterocycles. The van der Waals surface area contributed by atoms with Gasteiger partial charge in [-0.3, -0.25) is 4.18 Å². The molecule has 0 amide bonds. The van der Waals surface area contributed by atoms with Gasteiger partial charge in [0.25, 0.3) is 10.1 Å². The molecule has 0 saturated heterocycles. The quantitative estimate of drug-likeness (QED) is 0.521. The van der Waals surface area contributed by atoms with Crippen LogP contribution in [0.5, 0.6) is 0 Å². The van der Waals surface area contributed by atoms with Gasteiger partial charge in [0.05, 0.1) is 16.5 Å². The first-order chi connectivity index (χ1) is 9.15. The van der Waals surface area contributed by atoms with Gasteiger partial charge in [-0.25, -0.2) is 13.1 Å². The van der Waals surface area contributed by atoms with Gasteiger partial charge in [0.2, 0.25) is 10.0 Å². The van der Waals surface area contributed by atoms with Crippen molar-refractivity contribution in [1.82, 2.24) is 4.72 Å². The van der Waals surface area contributed by atoms with E-state index in [1.54, 1.807) is 12.2 Å². The van der Waals surface area contributed by atoms with E-state index in [-0.39, 0.29) is 16.3 Å². The Bertz CT molecular complexity index is 660. The molecule has 10 heteroatoms. The third kappa shape index (κ3) is 5.46. The van der Waals surface area contributed by atoms with Crippen LogP contribution in [0.15, 0.2) is 23.1 Å². The van der Waals surface area contributed by atoms with E-state index in [9.17, 15) is 16.8 Å². The van der Waals surface area contributed by atoms with Gasteiger partial charge in [-0.1, -0.05) is 36.6 Å². The summed E-state index contributed by atoms with van der Waals surface area (Å²) in [6.07, 6.45) is 4.72. The lowest BCUT2D eigenvalue weighted by molar-refractivity contribution is 0.283. The second kappa shape index (κ2) is 6.96. The van der Waals surface area contributed by atoms with E-state index in [1.165, 1.54) is 6.08 Å². The van der Waals surface area contributed by atoms with Gasteiger partial charge in [0, 0.05) is 17.8 Å². The normalized spacial score (nSPS) is 17.6. The van der Waals surface area contributed by atoms with Crippen LogP contribution in [-0.4, -0.2) is 46.0 Å². The van der Waals surface area contributed by atoms with Gasteiger partial charge in [0.15, 0.2) is 0 Å². The smallest absolute Gasteiger partial charge is 0.260 e. The second-order valence-corrected chi connectivity index (χ2v) is 7.91. The highest BCUT2D eigenvalue weighted by Gasteiger charge is 2.24. The molecular weight excluding hydrogens is 342 g/mol. The Morgan fingerprint density at radius 3 is 2.60 bits per heavy atom. The van der Waals surface area contributed by atoms with E-state index in [4.69, 9.17) is 12.2 Å². The van der Waals surface area contributed by atoms with Crippen molar-refractivity contribution in [3.8, 4) is 0 Å². The van der Waals surface area contributed by atoms with E-state index in [0.29, 0.717) is 6.42 Å². The Balaban J connectivity index is 2.77. The zero-order chi connectivity index (χ0) is 15.4. The first-order valence-corrected chi connectivity index (χ1v) is 9.43. The molecular formula is C10H12NO5S4. The first kappa shape index (κ1) is 17.5. The lowest BCUT2D eigenvalue weighted by atomic mass is 10.2. The second-order valence-electron chi connectivity index (χ2n) is 3.85. The minimum absolute atomic E-state index is 0.0162. The standard InChI is InChI=1S/C10H12NO5S4/c1-19(12,13)16-8(7-17)6-11-20(14,15)10-5-3-2-4-9(10)18/h2-3,5,8,11H,4,6H2,1H3. The molecule has 0 spiro atoms. The fourth-order valence-corrected chi connectivity index (χ4v) is 3.72. The summed E-state index contributed by atoms with van der Waals surface area (Å²) < 4.78 is 52.7. The Kier molecular flexibility index (Phi) is 6.10. The van der Waals surface area contributed by atoms with Crippen LogP contribution in [-0.2, 0) is 24.3 Å². The van der Waals surface area contributed by atoms with Crippen LogP contribution in [0.4, 0.5) is 0 Å². The SMILES string of the molecule is CS(=O)(=O)OC([C]=S)CNS(=O)(=O)C1=CC=CCC1=S. The Hall–Kier alpha value is -0.520. The monoisotopic (exact) mass is 354 g/mol. The largest absolute Gasteiger partial charge is 0.265 e. The van der Waals surface area contributed by atoms with Crippen molar-refractivity contribution in [2.24, 2.45) is 0 Å². The number of hydrogen-bond acceptors (Lipinski definition) is 7. The van der Waals surface area contributed by atoms with Crippen molar-refractivity contribution in [1.29, 1.82) is 0 Å². The lowest BCUT2D eigenvalue weighted by Gasteiger charge is -2.15. The highest BCUT2D eigenvalue weighted by atomic mass is 32.2. The number of sulfonamides is 1. The summed E-state index contributed by atoms with van der Waals surface area (Å²) in [5.41, 5.74) is 0. The maximum absolute atomic E-state index is 12.0. The van der Waals surface area contributed by atoms with E-state index in [2.05, 4.69) is 26.5 Å². The highest BCUT2D eigenvalue weighted by molar-refractivity contribution is 7.96. The summed E-state index contributed by atoms with van der Waals surface area (Å²) in [6, 6.07) is 0. The first-order valence-electron chi connectivity index (χ1n) is 5.31. The Morgan fingerprint density at radius 2 is 2.10 bits per heavy atom. The summed E-state index contributed by atoms with van der Waals surface area (Å²) in [7, 11) is -7.59. The zero-order valence-electron chi connectivity index (χ0n) is 10.4. The van der Waals surface area contributed by atoms with Crippen molar-refractivity contribution in [3.05, 3.63) is 23.1 Å². The van der Waals surface area contributed by atoms with Crippen LogP contribution in [0.3, 0.4) is 0 Å². The third-order valence-electron chi connectivity index (χ3n) is 2.13. The maximum Gasteiger partial charge on any atom is 0.265 e. The van der Waals surface area contributed by atoms with Crippen LogP contribution in [0, 0.1) is 0 Å². The van der Waals surface area contributed by atoms with E-state index in [0.717, 1.165) is 6.26 Å². The number of nitrogens with one attached hydrogen (secondary N) is 1. The number of thiocarbonyl (C=S) groups is 2. The van der Waals surface area contributed by atoms with E-state index < -0.39 is 26.2 Å². The molecule has 1 N–H and O–H groups in total. The van der Waals surface area contributed by atoms with Crippen molar-refractivity contribution < 1.29 is 21.0 Å². The van der Waals surface area contributed by atoms with Crippen LogP contribution in [0.25, 0.3) is 0 Å². The van der Waals surface area contributed by atoms with Gasteiger partial charge >= 0.3 is 0 Å². The van der Waals surface area contributed by atoms with Crippen LogP contribution >= 0.6 is 24.4 Å². The molecule has 1 atom stereocenters. The van der Waals surface area contributed by atoms with Gasteiger partial charge in [-0.2, -0.15) is 8.42 Å². The summed E-state index contributed by atoms with van der Waals surface area (Å²) in [5, 5.41) is 2.13. The predicted octanol–water partition coefficient (Wildman–Crippen LogP) is 0.341. The highest BCUT2D eigenvalue weighted by Crippen LogP contribution is 2.15. The minimum Gasteiger partial charge on any atom is -0.260 e. The average Bonchev–Trinajstić information content (AvgIpc) is 2.33. The molecule has 1 radical (unpaired) electrons. The van der Waals surface area contributed by atoms with Crippen molar-refractivity contribution >= 4 is 54.8 Å². The molecule has 1 aliphatic carbocycles. The molecule has 1 rings (SSSR count). The number of allylic oxidation sites excluding steroid dienone is 4. The Morgan fingerprint density at radius 1 is 1.45 bits per heavy atom. The number of rotatable bonds is 7. The molecule has 0 fully saturated rings. The molecule has 0 aromatic carbocycles. The van der Waals surface area contributed by atoms with Crippen molar-refractivity contribution in [2.45, 2.75) is 12.5 Å². The van der Waals surface area contributed by atoms with Gasteiger partial charge in [0.1, 0.15) is 6.10 Å². The molecule has 6 nitrogen and oxygen atoms in total. The molecule has 111 valence electrons. The van der Waals surface area contributed by atoms with Gasteiger partial charge in [-0.05, 0) is 6.08 Å². The Labute approximate surface area is 129 Å². The topological polar surface area (TPSA) is 89.5 Å². The summed E-state index contributed by atoms with van der Waals surface area (Å²) >= 11 is 9.45. The zero-order valence-corrected chi connectivity index (χ0v) is 13.7. The third-order valence-corrected chi connectivity index (χ3v) is 5.00. The van der Waals surface area contributed by atoms with Gasteiger partial charge < -0.3 is 0 Å². The summed E-state index contributed by atoms with van der Waals surface area (Å²) in [5.74, 6) is 0. The van der Waals surface area contributed by atoms with Crippen LogP contribution < -0.4 is 4.72 Å². The van der Waals surface area contributed by atoms with Crippen LogP contribution in [0.1, 0.15) is 6.42 Å². The van der Waals surface area contributed by atoms with Crippen molar-refractivity contribution in [2.75, 3.05) is 12.8 Å². The molecule has 1 unspecified atom stereocenters. The van der Waals surface area contributed by atoms with E-state index >= 15 is 0 Å². The van der Waals surface area contributed by atoms with E-state index in [1.807, 2.05) is 0 Å². The molecule has 0 bridgehead atoms.